The first-order chi connectivity index (χ1) is 20.3. The van der Waals surface area contributed by atoms with E-state index < -0.39 is 0 Å². The lowest BCUT2D eigenvalue weighted by atomic mass is 9.99. The normalized spacial score (nSPS) is 14.9. The number of benzene rings is 2. The van der Waals surface area contributed by atoms with Crippen LogP contribution in [0.5, 0.6) is 0 Å². The van der Waals surface area contributed by atoms with E-state index in [0.717, 1.165) is 21.8 Å². The maximum absolute atomic E-state index is 13.0. The summed E-state index contributed by atoms with van der Waals surface area (Å²) in [4.78, 5) is 45.3. The van der Waals surface area contributed by atoms with Gasteiger partial charge in [-0.25, -0.2) is 4.98 Å². The van der Waals surface area contributed by atoms with Crippen LogP contribution in [0.3, 0.4) is 0 Å². The Balaban J connectivity index is 1.26. The molecule has 1 saturated heterocycles. The Kier molecular flexibility index (Phi) is 11.5. The number of hydrogen-bond donors (Lipinski definition) is 3. The second kappa shape index (κ2) is 15.3. The smallest absolute Gasteiger partial charge is 0.257 e. The monoisotopic (exact) mass is 609 g/mol. The molecule has 0 bridgehead atoms. The first-order valence-corrected chi connectivity index (χ1v) is 16.0. The van der Waals surface area contributed by atoms with Crippen LogP contribution in [0.25, 0.3) is 0 Å². The molecule has 1 aliphatic heterocycles. The Hall–Kier alpha value is -3.25. The van der Waals surface area contributed by atoms with Crippen molar-refractivity contribution in [3.63, 3.8) is 0 Å². The number of hydrogen-bond acceptors (Lipinski definition) is 8. The maximum Gasteiger partial charge on any atom is 0.257 e. The highest BCUT2D eigenvalue weighted by Crippen LogP contribution is 2.31. The first-order valence-electron chi connectivity index (χ1n) is 14.2. The summed E-state index contributed by atoms with van der Waals surface area (Å²) in [6.45, 7) is 8.71. The van der Waals surface area contributed by atoms with E-state index in [4.69, 9.17) is 0 Å². The molecular weight excluding hydrogens is 571 g/mol. The van der Waals surface area contributed by atoms with Gasteiger partial charge in [0.05, 0.1) is 17.0 Å². The number of carbonyl (C=O) groups excluding carboxylic acids is 3. The number of carbonyl (C=O) groups is 3. The minimum Gasteiger partial charge on any atom is -0.395 e. The van der Waals surface area contributed by atoms with E-state index in [9.17, 15) is 19.5 Å². The summed E-state index contributed by atoms with van der Waals surface area (Å²) in [7, 11) is 0. The molecule has 42 heavy (non-hydrogen) atoms. The van der Waals surface area contributed by atoms with E-state index in [-0.39, 0.29) is 30.4 Å². The molecule has 1 fully saturated rings. The van der Waals surface area contributed by atoms with Crippen LogP contribution in [0, 0.1) is 5.92 Å². The van der Waals surface area contributed by atoms with E-state index in [2.05, 4.69) is 29.5 Å². The van der Waals surface area contributed by atoms with Gasteiger partial charge in [0, 0.05) is 62.6 Å². The van der Waals surface area contributed by atoms with E-state index in [1.807, 2.05) is 36.4 Å². The van der Waals surface area contributed by atoms with Crippen LogP contribution in [0.4, 0.5) is 5.13 Å². The largest absolute Gasteiger partial charge is 0.395 e. The van der Waals surface area contributed by atoms with Crippen molar-refractivity contribution >= 4 is 46.0 Å². The van der Waals surface area contributed by atoms with Crippen LogP contribution in [0.15, 0.2) is 58.9 Å². The Labute approximate surface area is 255 Å². The highest BCUT2D eigenvalue weighted by atomic mass is 32.2. The number of piperazine rings is 1. The van der Waals surface area contributed by atoms with Crippen molar-refractivity contribution < 1.29 is 19.5 Å². The number of aliphatic hydroxyl groups excluding tert-OH is 1. The van der Waals surface area contributed by atoms with Crippen LogP contribution in [-0.2, 0) is 17.1 Å². The summed E-state index contributed by atoms with van der Waals surface area (Å²) in [6.07, 6.45) is 2.74. The SMILES string of the molecule is CC[C@H](C)[C@@H](CO)NCc1ccc(C(=O)Nc2ncc(SCc3cccc(C(=O)N4CCN(C(C)=O)CC4)c3)s2)cc1. The highest BCUT2D eigenvalue weighted by Gasteiger charge is 2.23. The van der Waals surface area contributed by atoms with Gasteiger partial charge in [-0.1, -0.05) is 55.9 Å². The van der Waals surface area contributed by atoms with Gasteiger partial charge < -0.3 is 20.2 Å². The van der Waals surface area contributed by atoms with Gasteiger partial charge in [-0.05, 0) is 41.3 Å². The second-order valence-electron chi connectivity index (χ2n) is 10.5. The number of rotatable bonds is 12. The number of thiazole rings is 1. The molecular formula is C31H39N5O4S2. The molecule has 0 radical (unpaired) electrons. The van der Waals surface area contributed by atoms with Gasteiger partial charge in [0.25, 0.3) is 11.8 Å². The fraction of sp³-hybridized carbons (Fsp3) is 0.419. The molecule has 2 aromatic carbocycles. The van der Waals surface area contributed by atoms with Gasteiger partial charge in [0.2, 0.25) is 5.91 Å². The van der Waals surface area contributed by atoms with Crippen LogP contribution >= 0.6 is 23.1 Å². The van der Waals surface area contributed by atoms with Crippen LogP contribution in [0.2, 0.25) is 0 Å². The molecule has 4 rings (SSSR count). The summed E-state index contributed by atoms with van der Waals surface area (Å²) < 4.78 is 0.962. The third-order valence-electron chi connectivity index (χ3n) is 7.58. The van der Waals surface area contributed by atoms with E-state index in [0.29, 0.717) is 60.7 Å². The minimum absolute atomic E-state index is 0.0161. The second-order valence-corrected chi connectivity index (χ2v) is 12.8. The number of nitrogens with zero attached hydrogens (tertiary/aromatic N) is 3. The zero-order chi connectivity index (χ0) is 30.1. The molecule has 0 spiro atoms. The molecule has 11 heteroatoms. The van der Waals surface area contributed by atoms with Crippen molar-refractivity contribution in [1.82, 2.24) is 20.1 Å². The Morgan fingerprint density at radius 3 is 2.40 bits per heavy atom. The maximum atomic E-state index is 13.0. The van der Waals surface area contributed by atoms with Gasteiger partial charge in [-0.3, -0.25) is 19.7 Å². The van der Waals surface area contributed by atoms with Crippen LogP contribution < -0.4 is 10.6 Å². The lowest BCUT2D eigenvalue weighted by molar-refractivity contribution is -0.130. The lowest BCUT2D eigenvalue weighted by Gasteiger charge is -2.34. The van der Waals surface area contributed by atoms with Crippen molar-refractivity contribution in [3.8, 4) is 0 Å². The standard InChI is InChI=1S/C31H39N5O4S2/c1-4-21(2)27(19-37)32-17-23-8-10-25(11-9-23)29(39)34-31-33-18-28(42-31)41-20-24-6-5-7-26(16-24)30(40)36-14-12-35(13-15-36)22(3)38/h5-11,16,18,21,27,32,37H,4,12-15,17,19-20H2,1-3H3,(H,33,34,39)/t21-,27+/m0/s1. The van der Waals surface area contributed by atoms with Crippen LogP contribution in [-0.4, -0.2) is 76.4 Å². The van der Waals surface area contributed by atoms with Crippen molar-refractivity contribution in [2.45, 2.75) is 49.7 Å². The van der Waals surface area contributed by atoms with Crippen molar-refractivity contribution in [3.05, 3.63) is 77.0 Å². The molecule has 2 heterocycles. The number of amides is 3. The first kappa shape index (κ1) is 31.7. The predicted octanol–water partition coefficient (Wildman–Crippen LogP) is 4.49. The topological polar surface area (TPSA) is 115 Å². The molecule has 0 saturated carbocycles. The lowest BCUT2D eigenvalue weighted by Crippen LogP contribution is -2.50. The third kappa shape index (κ3) is 8.64. The Morgan fingerprint density at radius 1 is 1.02 bits per heavy atom. The minimum atomic E-state index is -0.219. The average molecular weight is 610 g/mol. The van der Waals surface area contributed by atoms with Crippen LogP contribution in [0.1, 0.15) is 59.0 Å². The zero-order valence-corrected chi connectivity index (χ0v) is 26.0. The molecule has 3 N–H and O–H groups in total. The molecule has 3 amide bonds. The molecule has 1 aliphatic rings. The van der Waals surface area contributed by atoms with E-state index >= 15 is 0 Å². The molecule has 0 aliphatic carbocycles. The van der Waals surface area contributed by atoms with E-state index in [1.165, 1.54) is 11.3 Å². The molecule has 9 nitrogen and oxygen atoms in total. The molecule has 0 unspecified atom stereocenters. The van der Waals surface area contributed by atoms with Gasteiger partial charge in [0.1, 0.15) is 0 Å². The van der Waals surface area contributed by atoms with E-state index in [1.54, 1.807) is 46.8 Å². The molecule has 2 atom stereocenters. The van der Waals surface area contributed by atoms with Gasteiger partial charge in [-0.2, -0.15) is 0 Å². The quantitative estimate of drug-likeness (QED) is 0.259. The number of anilines is 1. The fourth-order valence-electron chi connectivity index (χ4n) is 4.66. The zero-order valence-electron chi connectivity index (χ0n) is 24.3. The summed E-state index contributed by atoms with van der Waals surface area (Å²) in [5.41, 5.74) is 3.26. The molecule has 1 aromatic heterocycles. The molecule has 3 aromatic rings. The number of aliphatic hydroxyl groups is 1. The Morgan fingerprint density at radius 2 is 1.74 bits per heavy atom. The summed E-state index contributed by atoms with van der Waals surface area (Å²) in [6, 6.07) is 15.1. The van der Waals surface area contributed by atoms with Crippen molar-refractivity contribution in [2.75, 3.05) is 38.1 Å². The summed E-state index contributed by atoms with van der Waals surface area (Å²) >= 11 is 3.01. The summed E-state index contributed by atoms with van der Waals surface area (Å²) in [5, 5.41) is 16.4. The van der Waals surface area contributed by atoms with Crippen molar-refractivity contribution in [1.29, 1.82) is 0 Å². The van der Waals surface area contributed by atoms with Gasteiger partial charge in [0.15, 0.2) is 5.13 Å². The number of nitrogens with one attached hydrogen (secondary N) is 2. The fourth-order valence-corrected chi connectivity index (χ4v) is 6.47. The number of thioether (sulfide) groups is 1. The van der Waals surface area contributed by atoms with Gasteiger partial charge in [-0.15, -0.1) is 11.8 Å². The highest BCUT2D eigenvalue weighted by molar-refractivity contribution is 8.00. The third-order valence-corrected chi connectivity index (χ3v) is 9.76. The molecule has 224 valence electrons. The summed E-state index contributed by atoms with van der Waals surface area (Å²) in [5.74, 6) is 0.849. The van der Waals surface area contributed by atoms with Crippen molar-refractivity contribution in [2.24, 2.45) is 5.92 Å². The Bertz CT molecular complexity index is 1360. The average Bonchev–Trinajstić information content (AvgIpc) is 3.47. The predicted molar refractivity (Wildman–Crippen MR) is 168 cm³/mol. The number of aromatic nitrogens is 1. The van der Waals surface area contributed by atoms with Gasteiger partial charge >= 0.3 is 0 Å².